The van der Waals surface area contributed by atoms with E-state index in [1.165, 1.54) is 11.3 Å². The smallest absolute Gasteiger partial charge is 0.223 e. The van der Waals surface area contributed by atoms with Crippen LogP contribution in [0.5, 0.6) is 0 Å². The zero-order valence-electron chi connectivity index (χ0n) is 23.2. The SMILES string of the molecule is C=CCC[C@H]1C(=O)C(C)(C)[C@@H](O)CC(=O)N[C@H](C(Cl)=Cc2csc(C)n2)CC2OC2(C)CCC[C@H](C)[C@H]1O. The molecule has 0 aromatic carbocycles. The lowest BCUT2D eigenvalue weighted by atomic mass is 9.71. The minimum atomic E-state index is -1.23. The summed E-state index contributed by atoms with van der Waals surface area (Å²) in [7, 11) is 0. The van der Waals surface area contributed by atoms with Gasteiger partial charge in [0.05, 0.1) is 52.5 Å². The van der Waals surface area contributed by atoms with Crippen LogP contribution in [0.15, 0.2) is 23.1 Å². The predicted molar refractivity (Wildman–Crippen MR) is 152 cm³/mol. The number of nitrogens with zero attached hydrogens (tertiary/aromatic N) is 1. The Bertz CT molecular complexity index is 1040. The molecule has 7 nitrogen and oxygen atoms in total. The summed E-state index contributed by atoms with van der Waals surface area (Å²) < 4.78 is 6.08. The predicted octanol–water partition coefficient (Wildman–Crippen LogP) is 5.17. The van der Waals surface area contributed by atoms with Gasteiger partial charge in [0.1, 0.15) is 5.78 Å². The molecule has 3 heterocycles. The third-order valence-corrected chi connectivity index (χ3v) is 9.43. The number of rotatable bonds is 5. The normalized spacial score (nSPS) is 35.3. The van der Waals surface area contributed by atoms with Crippen molar-refractivity contribution in [2.75, 3.05) is 0 Å². The number of aromatic nitrogens is 1. The van der Waals surface area contributed by atoms with Gasteiger partial charge in [-0.25, -0.2) is 4.98 Å². The van der Waals surface area contributed by atoms with Crippen LogP contribution in [0.4, 0.5) is 0 Å². The number of ether oxygens (including phenoxy) is 1. The van der Waals surface area contributed by atoms with Crippen LogP contribution in [0.3, 0.4) is 0 Å². The molecule has 3 N–H and O–H groups in total. The van der Waals surface area contributed by atoms with E-state index in [2.05, 4.69) is 23.8 Å². The number of aliphatic hydroxyl groups is 2. The minimum Gasteiger partial charge on any atom is -0.392 e. The number of Topliss-reactive ketones (excluding diaryl/α,β-unsaturated/α-hetero) is 1. The zero-order valence-corrected chi connectivity index (χ0v) is 24.8. The second-order valence-electron chi connectivity index (χ2n) is 11.7. The van der Waals surface area contributed by atoms with E-state index in [9.17, 15) is 19.8 Å². The van der Waals surface area contributed by atoms with Crippen LogP contribution in [0.1, 0.15) is 83.3 Å². The van der Waals surface area contributed by atoms with E-state index in [4.69, 9.17) is 16.3 Å². The van der Waals surface area contributed by atoms with E-state index >= 15 is 0 Å². The number of halogens is 1. The Morgan fingerprint density at radius 2 is 2.05 bits per heavy atom. The third kappa shape index (κ3) is 7.54. The van der Waals surface area contributed by atoms with Crippen molar-refractivity contribution in [3.8, 4) is 0 Å². The zero-order chi connectivity index (χ0) is 28.3. The number of thiazole rings is 1. The van der Waals surface area contributed by atoms with Crippen molar-refractivity contribution in [2.24, 2.45) is 17.3 Å². The quantitative estimate of drug-likeness (QED) is 0.335. The van der Waals surface area contributed by atoms with Gasteiger partial charge in [-0.05, 0) is 51.5 Å². The molecular weight excluding hydrogens is 524 g/mol. The highest BCUT2D eigenvalue weighted by Crippen LogP contribution is 2.45. The maximum Gasteiger partial charge on any atom is 0.223 e. The van der Waals surface area contributed by atoms with E-state index in [0.29, 0.717) is 24.3 Å². The molecule has 38 heavy (non-hydrogen) atoms. The number of ketones is 1. The first-order valence-electron chi connectivity index (χ1n) is 13.6. The molecule has 1 aromatic heterocycles. The number of aryl methyl sites for hydroxylation is 1. The van der Waals surface area contributed by atoms with Crippen LogP contribution >= 0.6 is 22.9 Å². The van der Waals surface area contributed by atoms with Crippen molar-refractivity contribution in [1.82, 2.24) is 10.3 Å². The Morgan fingerprint density at radius 3 is 2.68 bits per heavy atom. The fourth-order valence-corrected chi connectivity index (χ4v) is 6.20. The molecule has 0 spiro atoms. The van der Waals surface area contributed by atoms with Crippen LogP contribution < -0.4 is 5.32 Å². The lowest BCUT2D eigenvalue weighted by Gasteiger charge is -2.36. The molecule has 2 unspecified atom stereocenters. The maximum absolute atomic E-state index is 13.7. The molecule has 2 aliphatic rings. The summed E-state index contributed by atoms with van der Waals surface area (Å²) in [5, 5.41) is 28.5. The van der Waals surface area contributed by atoms with Gasteiger partial charge in [0.15, 0.2) is 0 Å². The van der Waals surface area contributed by atoms with Crippen molar-refractivity contribution in [2.45, 2.75) is 110 Å². The van der Waals surface area contributed by atoms with Crippen LogP contribution in [-0.4, -0.2) is 56.8 Å². The van der Waals surface area contributed by atoms with Gasteiger partial charge >= 0.3 is 0 Å². The second-order valence-corrected chi connectivity index (χ2v) is 13.2. The lowest BCUT2D eigenvalue weighted by Crippen LogP contribution is -2.48. The first kappa shape index (κ1) is 31.0. The van der Waals surface area contributed by atoms with Crippen molar-refractivity contribution in [3.05, 3.63) is 33.8 Å². The summed E-state index contributed by atoms with van der Waals surface area (Å²) in [6.45, 7) is 13.0. The molecule has 2 aliphatic heterocycles. The second kappa shape index (κ2) is 12.7. The van der Waals surface area contributed by atoms with Crippen molar-refractivity contribution in [3.63, 3.8) is 0 Å². The highest BCUT2D eigenvalue weighted by molar-refractivity contribution is 7.09. The van der Waals surface area contributed by atoms with Gasteiger partial charge in [-0.15, -0.1) is 17.9 Å². The molecule has 9 heteroatoms. The van der Waals surface area contributed by atoms with Gasteiger partial charge in [0, 0.05) is 22.8 Å². The largest absolute Gasteiger partial charge is 0.392 e. The monoisotopic (exact) mass is 566 g/mol. The maximum atomic E-state index is 13.7. The highest BCUT2D eigenvalue weighted by Gasteiger charge is 2.52. The van der Waals surface area contributed by atoms with Crippen LogP contribution in [0.25, 0.3) is 6.08 Å². The summed E-state index contributed by atoms with van der Waals surface area (Å²) in [5.74, 6) is -1.41. The Labute approximate surface area is 235 Å². The average molecular weight is 567 g/mol. The molecule has 2 saturated heterocycles. The molecule has 1 aromatic rings. The molecule has 0 bridgehead atoms. The number of nitrogens with one attached hydrogen (secondary N) is 1. The molecule has 3 rings (SSSR count). The fraction of sp³-hybridized carbons (Fsp3) is 0.690. The van der Waals surface area contributed by atoms with Gasteiger partial charge in [-0.2, -0.15) is 0 Å². The van der Waals surface area contributed by atoms with Crippen molar-refractivity contribution < 1.29 is 24.5 Å². The Balaban J connectivity index is 1.88. The number of carbonyl (C=O) groups excluding carboxylic acids is 2. The number of epoxide rings is 1. The Hall–Kier alpha value is -1.58. The van der Waals surface area contributed by atoms with Crippen molar-refractivity contribution >= 4 is 40.7 Å². The molecule has 1 amide bonds. The first-order chi connectivity index (χ1) is 17.8. The van der Waals surface area contributed by atoms with Gasteiger partial charge in [0.2, 0.25) is 5.91 Å². The third-order valence-electron chi connectivity index (χ3n) is 8.27. The molecule has 0 radical (unpaired) electrons. The summed E-state index contributed by atoms with van der Waals surface area (Å²) >= 11 is 8.24. The number of hydrogen-bond acceptors (Lipinski definition) is 7. The number of hydrogen-bond donors (Lipinski definition) is 3. The van der Waals surface area contributed by atoms with Crippen LogP contribution in [0.2, 0.25) is 0 Å². The standard InChI is InChI=1S/C29H43ClN2O5S/c1-7-8-11-20-26(35)17(2)10-9-12-29(6)24(37-29)14-22(21(30)13-19-16-38-18(3)31-19)32-25(34)15-23(33)28(4,5)27(20)36/h7,13,16-17,20,22-24,26,33,35H,1,8-12,14-15H2,2-6H3,(H,32,34)/t17-,20+,22-,23-,24?,26+,29?/m0/s1. The van der Waals surface area contributed by atoms with Gasteiger partial charge < -0.3 is 20.3 Å². The number of allylic oxidation sites excluding steroid dienone is 1. The topological polar surface area (TPSA) is 112 Å². The van der Waals surface area contributed by atoms with Gasteiger partial charge in [0.25, 0.3) is 0 Å². The summed E-state index contributed by atoms with van der Waals surface area (Å²) in [6, 6.07) is -0.516. The molecule has 0 aliphatic carbocycles. The van der Waals surface area contributed by atoms with Crippen molar-refractivity contribution in [1.29, 1.82) is 0 Å². The summed E-state index contributed by atoms with van der Waals surface area (Å²) in [4.78, 5) is 31.3. The number of amides is 1. The highest BCUT2D eigenvalue weighted by atomic mass is 35.5. The summed E-state index contributed by atoms with van der Waals surface area (Å²) in [5.41, 5.74) is -0.839. The Kier molecular flexibility index (Phi) is 10.4. The van der Waals surface area contributed by atoms with E-state index in [1.807, 2.05) is 19.2 Å². The fourth-order valence-electron chi connectivity index (χ4n) is 5.37. The molecule has 2 fully saturated rings. The number of aliphatic hydroxyl groups excluding tert-OH is 2. The van der Waals surface area contributed by atoms with Gasteiger partial charge in [-0.1, -0.05) is 44.9 Å². The van der Waals surface area contributed by atoms with E-state index < -0.39 is 35.5 Å². The molecule has 212 valence electrons. The van der Waals surface area contributed by atoms with Crippen LogP contribution in [0, 0.1) is 24.2 Å². The van der Waals surface area contributed by atoms with E-state index in [-0.39, 0.29) is 29.8 Å². The number of fused-ring (bicyclic) bond motifs is 1. The first-order valence-corrected chi connectivity index (χ1v) is 14.8. The average Bonchev–Trinajstić information content (AvgIpc) is 3.29. The molecule has 0 saturated carbocycles. The lowest BCUT2D eigenvalue weighted by molar-refractivity contribution is -0.144. The molecule has 7 atom stereocenters. The van der Waals surface area contributed by atoms with Gasteiger partial charge in [-0.3, -0.25) is 9.59 Å². The van der Waals surface area contributed by atoms with Crippen LogP contribution in [-0.2, 0) is 14.3 Å². The Morgan fingerprint density at radius 1 is 1.34 bits per heavy atom. The van der Waals surface area contributed by atoms with E-state index in [1.54, 1.807) is 26.0 Å². The molecular formula is C29H43ClN2O5S. The summed E-state index contributed by atoms with van der Waals surface area (Å²) in [6.07, 6.45) is 4.95. The number of carbonyl (C=O) groups is 2. The minimum absolute atomic E-state index is 0.0801. The van der Waals surface area contributed by atoms with E-state index in [0.717, 1.165) is 30.0 Å².